The summed E-state index contributed by atoms with van der Waals surface area (Å²) >= 11 is 0. The molecule has 98 valence electrons. The highest BCUT2D eigenvalue weighted by atomic mass is 16.4. The predicted molar refractivity (Wildman–Crippen MR) is 77.0 cm³/mol. The van der Waals surface area contributed by atoms with Crippen molar-refractivity contribution in [2.75, 3.05) is 0 Å². The minimum Gasteiger partial charge on any atom is -0.478 e. The van der Waals surface area contributed by atoms with E-state index in [-0.39, 0.29) is 11.1 Å². The van der Waals surface area contributed by atoms with Crippen LogP contribution in [-0.2, 0) is 0 Å². The van der Waals surface area contributed by atoms with Crippen LogP contribution in [0.2, 0.25) is 0 Å². The van der Waals surface area contributed by atoms with Gasteiger partial charge in [-0.1, -0.05) is 30.3 Å². The highest BCUT2D eigenvalue weighted by Crippen LogP contribution is 2.20. The van der Waals surface area contributed by atoms with Gasteiger partial charge >= 0.3 is 5.97 Å². The molecule has 2 aromatic carbocycles. The quantitative estimate of drug-likeness (QED) is 0.748. The summed E-state index contributed by atoms with van der Waals surface area (Å²) in [6.07, 6.45) is 0. The predicted octanol–water partition coefficient (Wildman–Crippen LogP) is 2.89. The number of carboxylic acid groups (broad SMARTS) is 1. The average Bonchev–Trinajstić information content (AvgIpc) is 2.47. The average molecular weight is 265 g/mol. The molecule has 0 bridgehead atoms. The summed E-state index contributed by atoms with van der Waals surface area (Å²) in [5, 5.41) is 10.5. The Morgan fingerprint density at radius 3 is 2.60 bits per heavy atom. The van der Waals surface area contributed by atoms with Gasteiger partial charge in [0.15, 0.2) is 0 Å². The molecule has 2 N–H and O–H groups in total. The monoisotopic (exact) mass is 265 g/mol. The van der Waals surface area contributed by atoms with Gasteiger partial charge in [0.05, 0.1) is 5.56 Å². The van der Waals surface area contributed by atoms with Crippen molar-refractivity contribution in [2.45, 2.75) is 0 Å². The minimum absolute atomic E-state index is 0.182. The number of carbonyl (C=O) groups is 1. The second-order valence-corrected chi connectivity index (χ2v) is 4.49. The van der Waals surface area contributed by atoms with E-state index in [9.17, 15) is 9.59 Å². The van der Waals surface area contributed by atoms with Gasteiger partial charge in [-0.3, -0.25) is 4.79 Å². The molecule has 0 radical (unpaired) electrons. The van der Waals surface area contributed by atoms with Crippen LogP contribution < -0.4 is 5.56 Å². The Hall–Kier alpha value is -2.88. The number of hydrogen-bond acceptors (Lipinski definition) is 2. The normalized spacial score (nSPS) is 10.6. The second kappa shape index (κ2) is 4.66. The fraction of sp³-hybridized carbons (Fsp3) is 0. The van der Waals surface area contributed by atoms with E-state index in [0.29, 0.717) is 16.6 Å². The zero-order chi connectivity index (χ0) is 14.1. The molecular weight excluding hydrogens is 254 g/mol. The van der Waals surface area contributed by atoms with E-state index in [1.165, 1.54) is 6.07 Å². The van der Waals surface area contributed by atoms with Crippen molar-refractivity contribution in [2.24, 2.45) is 0 Å². The number of hydrogen-bond donors (Lipinski definition) is 2. The van der Waals surface area contributed by atoms with Crippen molar-refractivity contribution < 1.29 is 9.90 Å². The Kier molecular flexibility index (Phi) is 2.84. The maximum absolute atomic E-state index is 12.0. The van der Waals surface area contributed by atoms with E-state index < -0.39 is 5.97 Å². The lowest BCUT2D eigenvalue weighted by Gasteiger charge is -2.05. The molecule has 3 aromatic rings. The Balaban J connectivity index is 2.22. The van der Waals surface area contributed by atoms with Gasteiger partial charge in [0.1, 0.15) is 0 Å². The second-order valence-electron chi connectivity index (χ2n) is 4.49. The fourth-order valence-electron chi connectivity index (χ4n) is 2.19. The van der Waals surface area contributed by atoms with E-state index in [0.717, 1.165) is 5.39 Å². The first-order chi connectivity index (χ1) is 9.65. The smallest absolute Gasteiger partial charge is 0.335 e. The summed E-state index contributed by atoms with van der Waals surface area (Å²) < 4.78 is 0. The number of aromatic nitrogens is 1. The van der Waals surface area contributed by atoms with Crippen molar-refractivity contribution in [1.82, 2.24) is 4.98 Å². The van der Waals surface area contributed by atoms with Gasteiger partial charge in [0.2, 0.25) is 0 Å². The van der Waals surface area contributed by atoms with Gasteiger partial charge in [0.25, 0.3) is 5.56 Å². The maximum atomic E-state index is 12.0. The number of pyridine rings is 1. The molecule has 0 atom stereocenters. The van der Waals surface area contributed by atoms with Crippen LogP contribution >= 0.6 is 0 Å². The first-order valence-corrected chi connectivity index (χ1v) is 6.11. The molecule has 0 saturated carbocycles. The zero-order valence-corrected chi connectivity index (χ0v) is 10.5. The molecule has 1 heterocycles. The molecule has 4 heteroatoms. The van der Waals surface area contributed by atoms with Crippen LogP contribution in [0, 0.1) is 0 Å². The summed E-state index contributed by atoms with van der Waals surface area (Å²) in [7, 11) is 0. The van der Waals surface area contributed by atoms with Gasteiger partial charge < -0.3 is 10.1 Å². The molecule has 1 aromatic heterocycles. The van der Waals surface area contributed by atoms with E-state index in [4.69, 9.17) is 5.11 Å². The first kappa shape index (κ1) is 12.2. The molecule has 4 nitrogen and oxygen atoms in total. The van der Waals surface area contributed by atoms with Crippen LogP contribution in [0.4, 0.5) is 0 Å². The fourth-order valence-corrected chi connectivity index (χ4v) is 2.19. The third kappa shape index (κ3) is 2.07. The summed E-state index contributed by atoms with van der Waals surface area (Å²) in [5.74, 6) is -0.991. The summed E-state index contributed by atoms with van der Waals surface area (Å²) in [6.45, 7) is 0. The Labute approximate surface area is 114 Å². The van der Waals surface area contributed by atoms with Crippen molar-refractivity contribution >= 4 is 16.7 Å². The molecule has 0 unspecified atom stereocenters. The van der Waals surface area contributed by atoms with Crippen LogP contribution in [0.25, 0.3) is 22.0 Å². The van der Waals surface area contributed by atoms with Gasteiger partial charge in [0, 0.05) is 11.1 Å². The maximum Gasteiger partial charge on any atom is 0.335 e. The number of nitrogens with one attached hydrogen (secondary N) is 1. The molecule has 3 rings (SSSR count). The largest absolute Gasteiger partial charge is 0.478 e. The summed E-state index contributed by atoms with van der Waals surface area (Å²) in [4.78, 5) is 25.8. The molecule has 20 heavy (non-hydrogen) atoms. The lowest BCUT2D eigenvalue weighted by atomic mass is 10.1. The Morgan fingerprint density at radius 1 is 1.00 bits per heavy atom. The molecule has 0 spiro atoms. The van der Waals surface area contributed by atoms with Crippen molar-refractivity contribution in [3.63, 3.8) is 0 Å². The Morgan fingerprint density at radius 2 is 1.80 bits per heavy atom. The molecule has 0 aliphatic carbocycles. The standard InChI is InChI=1S/C16H11NO3/c18-15-13-7-2-1-4-10(13)9-14(17-15)11-5-3-6-12(8-11)16(19)20/h1-9H,(H,17,18)(H,19,20). The minimum atomic E-state index is -0.991. The van der Waals surface area contributed by atoms with Crippen LogP contribution in [0.5, 0.6) is 0 Å². The van der Waals surface area contributed by atoms with Gasteiger partial charge in [-0.05, 0) is 35.2 Å². The lowest BCUT2D eigenvalue weighted by molar-refractivity contribution is 0.0697. The van der Waals surface area contributed by atoms with Crippen LogP contribution in [0.1, 0.15) is 10.4 Å². The lowest BCUT2D eigenvalue weighted by Crippen LogP contribution is -2.07. The molecular formula is C16H11NO3. The third-order valence-corrected chi connectivity index (χ3v) is 3.17. The highest BCUT2D eigenvalue weighted by Gasteiger charge is 2.07. The van der Waals surface area contributed by atoms with Crippen molar-refractivity contribution in [3.8, 4) is 11.3 Å². The number of benzene rings is 2. The molecule has 0 aliphatic rings. The number of aromatic amines is 1. The number of carboxylic acids is 1. The van der Waals surface area contributed by atoms with Crippen molar-refractivity contribution in [3.05, 3.63) is 70.5 Å². The SMILES string of the molecule is O=C(O)c1cccc(-c2cc3ccccc3c(=O)[nH]2)c1. The number of fused-ring (bicyclic) bond motifs is 1. The third-order valence-electron chi connectivity index (χ3n) is 3.17. The van der Waals surface area contributed by atoms with E-state index in [1.807, 2.05) is 24.3 Å². The number of H-pyrrole nitrogens is 1. The summed E-state index contributed by atoms with van der Waals surface area (Å²) in [5.41, 5.74) is 1.29. The van der Waals surface area contributed by atoms with E-state index in [1.54, 1.807) is 24.3 Å². The van der Waals surface area contributed by atoms with Crippen LogP contribution in [-0.4, -0.2) is 16.1 Å². The van der Waals surface area contributed by atoms with Crippen LogP contribution in [0.15, 0.2) is 59.4 Å². The van der Waals surface area contributed by atoms with Crippen LogP contribution in [0.3, 0.4) is 0 Å². The summed E-state index contributed by atoms with van der Waals surface area (Å²) in [6, 6.07) is 15.6. The number of aromatic carboxylic acids is 1. The molecule has 0 saturated heterocycles. The topological polar surface area (TPSA) is 70.2 Å². The molecule has 0 aliphatic heterocycles. The number of rotatable bonds is 2. The molecule has 0 amide bonds. The first-order valence-electron chi connectivity index (χ1n) is 6.11. The van der Waals surface area contributed by atoms with Gasteiger partial charge in [-0.25, -0.2) is 4.79 Å². The molecule has 0 fully saturated rings. The van der Waals surface area contributed by atoms with E-state index >= 15 is 0 Å². The van der Waals surface area contributed by atoms with E-state index in [2.05, 4.69) is 4.98 Å². The van der Waals surface area contributed by atoms with Gasteiger partial charge in [-0.15, -0.1) is 0 Å². The van der Waals surface area contributed by atoms with Gasteiger partial charge in [-0.2, -0.15) is 0 Å². The van der Waals surface area contributed by atoms with Crippen molar-refractivity contribution in [1.29, 1.82) is 0 Å². The highest BCUT2D eigenvalue weighted by molar-refractivity contribution is 5.90. The Bertz CT molecular complexity index is 865. The zero-order valence-electron chi connectivity index (χ0n) is 10.5.